The summed E-state index contributed by atoms with van der Waals surface area (Å²) in [6.45, 7) is 0. The summed E-state index contributed by atoms with van der Waals surface area (Å²) in [7, 11) is 6.64. The third-order valence-electron chi connectivity index (χ3n) is 4.43. The highest BCUT2D eigenvalue weighted by atomic mass is 16.7. The van der Waals surface area contributed by atoms with Crippen LogP contribution in [0.15, 0.2) is 36.9 Å². The Kier molecular flexibility index (Phi) is 3.96. The number of fused-ring (bicyclic) bond motifs is 1. The second kappa shape index (κ2) is 6.32. The monoisotopic (exact) mass is 366 g/mol. The Morgan fingerprint density at radius 3 is 2.33 bits per heavy atom. The van der Waals surface area contributed by atoms with Crippen LogP contribution in [0.3, 0.4) is 0 Å². The van der Waals surface area contributed by atoms with E-state index in [2.05, 4.69) is 20.2 Å². The summed E-state index contributed by atoms with van der Waals surface area (Å²) < 4.78 is 5.25. The number of imidazole rings is 1. The Hall–Kier alpha value is -3.53. The maximum Gasteiger partial charge on any atom is 0.299 e. The Balaban J connectivity index is 2.02. The molecule has 27 heavy (non-hydrogen) atoms. The number of hydrogen-bond acceptors (Lipinski definition) is 6. The Labute approximate surface area is 154 Å². The van der Waals surface area contributed by atoms with E-state index in [0.29, 0.717) is 11.3 Å². The van der Waals surface area contributed by atoms with Gasteiger partial charge in [0.05, 0.1) is 29.9 Å². The van der Waals surface area contributed by atoms with Crippen molar-refractivity contribution in [3.8, 4) is 22.8 Å². The molecule has 4 rings (SSSR count). The summed E-state index contributed by atoms with van der Waals surface area (Å²) in [5.74, 6) is -0.384. The van der Waals surface area contributed by atoms with E-state index in [1.54, 1.807) is 32.5 Å². The summed E-state index contributed by atoms with van der Waals surface area (Å²) in [4.78, 5) is 26.6. The number of carbonyl (C=O) groups excluding carboxylic acids is 1. The van der Waals surface area contributed by atoms with Crippen LogP contribution >= 0.6 is 0 Å². The summed E-state index contributed by atoms with van der Waals surface area (Å²) in [6, 6.07) is 5.69. The van der Waals surface area contributed by atoms with Gasteiger partial charge in [-0.05, 0) is 18.2 Å². The predicted octanol–water partition coefficient (Wildman–Crippen LogP) is 1.16. The molecule has 10 nitrogen and oxygen atoms in total. The molecule has 0 aliphatic heterocycles. The molecule has 0 aliphatic carbocycles. The van der Waals surface area contributed by atoms with Crippen molar-refractivity contribution >= 4 is 11.6 Å². The molecule has 0 N–H and O–H groups in total. The van der Waals surface area contributed by atoms with E-state index < -0.39 is 0 Å². The second-order valence-corrected chi connectivity index (χ2v) is 5.98. The highest BCUT2D eigenvalue weighted by Gasteiger charge is 2.22. The molecule has 0 unspecified atom stereocenters. The number of nitrogens with zero attached hydrogens (tertiary/aromatic N) is 8. The minimum atomic E-state index is -0.384. The Morgan fingerprint density at radius 2 is 1.74 bits per heavy atom. The van der Waals surface area contributed by atoms with Crippen molar-refractivity contribution in [1.82, 2.24) is 39.0 Å². The summed E-state index contributed by atoms with van der Waals surface area (Å²) in [6.07, 6.45) is 4.99. The van der Waals surface area contributed by atoms with Crippen molar-refractivity contribution in [3.05, 3.63) is 42.6 Å². The van der Waals surface area contributed by atoms with Crippen LogP contribution in [0.1, 0.15) is 10.5 Å². The number of amides is 1. The van der Waals surface area contributed by atoms with Gasteiger partial charge in [0.15, 0.2) is 11.3 Å². The van der Waals surface area contributed by atoms with Gasteiger partial charge in [-0.25, -0.2) is 15.0 Å². The first kappa shape index (κ1) is 16.9. The molecule has 4 heterocycles. The fourth-order valence-electron chi connectivity index (χ4n) is 2.93. The number of aromatic nitrogens is 7. The van der Waals surface area contributed by atoms with Gasteiger partial charge in [-0.3, -0.25) is 23.4 Å². The number of rotatable bonds is 4. The van der Waals surface area contributed by atoms with Gasteiger partial charge < -0.3 is 0 Å². The van der Waals surface area contributed by atoms with Crippen LogP contribution in [0.4, 0.5) is 0 Å². The maximum absolute atomic E-state index is 12.6. The molecule has 0 bridgehead atoms. The SMILES string of the molecule is CON(C)C(=O)c1ncn2c(-c3ccnn3C)cc(-c3ccnn3C)nc12. The number of carbonyl (C=O) groups is 1. The Morgan fingerprint density at radius 1 is 1.07 bits per heavy atom. The van der Waals surface area contributed by atoms with Crippen molar-refractivity contribution < 1.29 is 9.63 Å². The lowest BCUT2D eigenvalue weighted by atomic mass is 10.2. The lowest BCUT2D eigenvalue weighted by molar-refractivity contribution is -0.0759. The van der Waals surface area contributed by atoms with Crippen LogP contribution in [0.2, 0.25) is 0 Å². The van der Waals surface area contributed by atoms with Crippen molar-refractivity contribution in [2.24, 2.45) is 14.1 Å². The van der Waals surface area contributed by atoms with Crippen LogP contribution in [0.5, 0.6) is 0 Å². The van der Waals surface area contributed by atoms with Crippen molar-refractivity contribution in [2.75, 3.05) is 14.2 Å². The lowest BCUT2D eigenvalue weighted by Gasteiger charge is -2.13. The molecular formula is C17H18N8O2. The average molecular weight is 366 g/mol. The van der Waals surface area contributed by atoms with Gasteiger partial charge in [-0.15, -0.1) is 0 Å². The molecule has 0 aliphatic rings. The van der Waals surface area contributed by atoms with E-state index in [1.165, 1.54) is 14.2 Å². The molecule has 4 aromatic rings. The topological polar surface area (TPSA) is 95.4 Å². The van der Waals surface area contributed by atoms with Crippen molar-refractivity contribution in [1.29, 1.82) is 0 Å². The largest absolute Gasteiger partial charge is 0.299 e. The fraction of sp³-hybridized carbons (Fsp3) is 0.235. The summed E-state index contributed by atoms with van der Waals surface area (Å²) >= 11 is 0. The van der Waals surface area contributed by atoms with Gasteiger partial charge >= 0.3 is 0 Å². The Bertz CT molecular complexity index is 1140. The van der Waals surface area contributed by atoms with Crippen molar-refractivity contribution in [3.63, 3.8) is 0 Å². The minimum Gasteiger partial charge on any atom is -0.281 e. The van der Waals surface area contributed by atoms with E-state index in [1.807, 2.05) is 32.3 Å². The molecule has 10 heteroatoms. The van der Waals surface area contributed by atoms with Gasteiger partial charge in [-0.2, -0.15) is 10.2 Å². The molecule has 0 saturated carbocycles. The highest BCUT2D eigenvalue weighted by molar-refractivity contribution is 5.97. The van der Waals surface area contributed by atoms with Crippen LogP contribution in [-0.2, 0) is 18.9 Å². The number of hydrogen-bond donors (Lipinski definition) is 0. The molecule has 0 aromatic carbocycles. The van der Waals surface area contributed by atoms with Gasteiger partial charge in [0.2, 0.25) is 0 Å². The molecule has 138 valence electrons. The molecule has 0 spiro atoms. The van der Waals surface area contributed by atoms with Crippen LogP contribution in [0.25, 0.3) is 28.4 Å². The standard InChI is InChI=1S/C17H18N8O2/c1-22-12(5-7-19-22)11-9-14(13-6-8-20-23(13)2)25-10-18-15(16(25)21-11)17(26)24(3)27-4/h5-10H,1-4H3. The van der Waals surface area contributed by atoms with Crippen LogP contribution in [0, 0.1) is 0 Å². The van der Waals surface area contributed by atoms with E-state index in [0.717, 1.165) is 22.1 Å². The first-order chi connectivity index (χ1) is 13.0. The van der Waals surface area contributed by atoms with Gasteiger partial charge in [-0.1, -0.05) is 0 Å². The molecule has 0 saturated heterocycles. The molecule has 0 fully saturated rings. The quantitative estimate of drug-likeness (QED) is 0.503. The highest BCUT2D eigenvalue weighted by Crippen LogP contribution is 2.27. The number of aryl methyl sites for hydroxylation is 2. The van der Waals surface area contributed by atoms with Crippen LogP contribution < -0.4 is 0 Å². The summed E-state index contributed by atoms with van der Waals surface area (Å²) in [5, 5.41) is 9.57. The maximum atomic E-state index is 12.6. The zero-order valence-electron chi connectivity index (χ0n) is 15.4. The first-order valence-corrected chi connectivity index (χ1v) is 8.18. The molecular weight excluding hydrogens is 348 g/mol. The molecule has 0 radical (unpaired) electrons. The van der Waals surface area contributed by atoms with E-state index in [4.69, 9.17) is 4.84 Å². The third-order valence-corrected chi connectivity index (χ3v) is 4.43. The fourth-order valence-corrected chi connectivity index (χ4v) is 2.93. The zero-order chi connectivity index (χ0) is 19.1. The first-order valence-electron chi connectivity index (χ1n) is 8.18. The average Bonchev–Trinajstić information content (AvgIpc) is 3.39. The van der Waals surface area contributed by atoms with E-state index in [9.17, 15) is 4.79 Å². The van der Waals surface area contributed by atoms with Gasteiger partial charge in [0.25, 0.3) is 5.91 Å². The smallest absolute Gasteiger partial charge is 0.281 e. The minimum absolute atomic E-state index is 0.201. The molecule has 0 atom stereocenters. The second-order valence-electron chi connectivity index (χ2n) is 5.98. The van der Waals surface area contributed by atoms with Gasteiger partial charge in [0, 0.05) is 33.5 Å². The lowest BCUT2D eigenvalue weighted by Crippen LogP contribution is -2.26. The van der Waals surface area contributed by atoms with Gasteiger partial charge in [0.1, 0.15) is 6.33 Å². The van der Waals surface area contributed by atoms with E-state index >= 15 is 0 Å². The van der Waals surface area contributed by atoms with Crippen LogP contribution in [-0.4, -0.2) is 59.1 Å². The molecule has 1 amide bonds. The molecule has 4 aromatic heterocycles. The van der Waals surface area contributed by atoms with Crippen molar-refractivity contribution in [2.45, 2.75) is 0 Å². The number of hydroxylamine groups is 2. The van der Waals surface area contributed by atoms with E-state index in [-0.39, 0.29) is 11.6 Å². The normalized spacial score (nSPS) is 11.3. The predicted molar refractivity (Wildman–Crippen MR) is 96.5 cm³/mol. The third kappa shape index (κ3) is 2.66. The summed E-state index contributed by atoms with van der Waals surface area (Å²) in [5.41, 5.74) is 3.80. The zero-order valence-corrected chi connectivity index (χ0v) is 15.4.